The fourth-order valence-electron chi connectivity index (χ4n) is 10.2. The zero-order valence-corrected chi connectivity index (χ0v) is 53.7. The summed E-state index contributed by atoms with van der Waals surface area (Å²) in [7, 11) is 5.77. The largest absolute Gasteiger partial charge is 0.495 e. The molecular weight excluding hydrogens is 1260 g/mol. The fourth-order valence-corrected chi connectivity index (χ4v) is 12.1. The van der Waals surface area contributed by atoms with Crippen molar-refractivity contribution in [1.82, 2.24) is 21.3 Å². The van der Waals surface area contributed by atoms with Crippen molar-refractivity contribution in [2.75, 3.05) is 61.1 Å². The number of primary amides is 1. The minimum absolute atomic E-state index is 0.0345. The molecule has 3 aliphatic rings. The molecule has 2 fully saturated rings. The standard InChI is InChI=1S/C58H83Br2ClN8O16/c1-31(2)49(67-46(70)19-12-11-16-33(4)82-53(74)36(29-59)30-60)52(73)66-39(17-14-22-63-54(62)75)51(72)65-38-21-20-37(26-41(38)79-8)64-55(76)84-45-27-47(71)69(7)40-24-35(25-42(80-9)48(40)61)23-32(3)15-13-18-44(81-10)58(78)28-43(83-56(77)68-58)34(5)50-57(45,6)85-50/h13,15,18,20-21,24-26,31,33-34,36,39,43-45,49-50,56,68,77-78H,11-12,14,16-17,19,22-23,27-30H2,1-10H3,(H,64,76)(H,65,72)(H,66,73)(H,67,70)(H3,62,63,75)/b18-13+,32-15+/t33?,34-,39+,43+,44-,45+,49+,50+,56?,57+,58+/m1/s1. The number of alkyl halides is 2. The second-order valence-corrected chi connectivity index (χ2v) is 23.8. The second-order valence-electron chi connectivity index (χ2n) is 22.1. The van der Waals surface area contributed by atoms with Gasteiger partial charge in [-0.2, -0.15) is 0 Å². The van der Waals surface area contributed by atoms with E-state index in [4.69, 9.17) is 50.5 Å². The van der Waals surface area contributed by atoms with Crippen LogP contribution in [0, 0.1) is 17.8 Å². The third kappa shape index (κ3) is 19.7. The second kappa shape index (κ2) is 32.4. The maximum Gasteiger partial charge on any atom is 0.412 e. The Labute approximate surface area is 518 Å². The maximum absolute atomic E-state index is 14.5. The summed E-state index contributed by atoms with van der Waals surface area (Å²) in [5.74, 6) is -3.38. The lowest BCUT2D eigenvalue weighted by atomic mass is 9.83. The summed E-state index contributed by atoms with van der Waals surface area (Å²) in [6.45, 7) is 10.8. The van der Waals surface area contributed by atoms with E-state index in [2.05, 4.69) is 63.8 Å². The van der Waals surface area contributed by atoms with Crippen LogP contribution in [0.4, 0.5) is 26.7 Å². The summed E-state index contributed by atoms with van der Waals surface area (Å²) in [6.07, 6.45) is 0.396. The number of urea groups is 1. The van der Waals surface area contributed by atoms with Gasteiger partial charge in [0.2, 0.25) is 30.0 Å². The molecule has 24 nitrogen and oxygen atoms in total. The number of aliphatic hydroxyl groups is 2. The van der Waals surface area contributed by atoms with Gasteiger partial charge in [0.25, 0.3) is 0 Å². The third-order valence-corrected chi connectivity index (χ3v) is 17.1. The Hall–Kier alpha value is -5.58. The molecule has 2 aromatic rings. The minimum Gasteiger partial charge on any atom is -0.495 e. The Morgan fingerprint density at radius 1 is 0.965 bits per heavy atom. The summed E-state index contributed by atoms with van der Waals surface area (Å²) in [5.41, 5.74) is 4.42. The van der Waals surface area contributed by atoms with Gasteiger partial charge in [0.05, 0.1) is 56.2 Å². The highest BCUT2D eigenvalue weighted by atomic mass is 79.9. The number of nitrogens with zero attached hydrogens (tertiary/aromatic N) is 1. The molecule has 2 saturated heterocycles. The van der Waals surface area contributed by atoms with Crippen molar-refractivity contribution in [2.45, 2.75) is 160 Å². The normalized spacial score (nSPS) is 25.4. The number of rotatable bonds is 24. The molecule has 5 rings (SSSR count). The van der Waals surface area contributed by atoms with Gasteiger partial charge in [0.15, 0.2) is 5.72 Å². The number of carbonyl (C=O) groups is 7. The zero-order chi connectivity index (χ0) is 62.9. The fraction of sp³-hybridized carbons (Fsp3) is 0.603. The number of nitrogens with two attached hydrogens (primary N) is 1. The van der Waals surface area contributed by atoms with Gasteiger partial charge in [0.1, 0.15) is 46.4 Å². The Morgan fingerprint density at radius 3 is 2.32 bits per heavy atom. The molecule has 2 unspecified atom stereocenters. The summed E-state index contributed by atoms with van der Waals surface area (Å²) < 4.78 is 40.9. The number of fused-ring (bicyclic) bond motifs is 5. The van der Waals surface area contributed by atoms with Crippen LogP contribution in [0.2, 0.25) is 5.02 Å². The average molecular weight is 1340 g/mol. The van der Waals surface area contributed by atoms with Gasteiger partial charge in [-0.15, -0.1) is 0 Å². The number of amides is 7. The summed E-state index contributed by atoms with van der Waals surface area (Å²) >= 11 is 13.5. The van der Waals surface area contributed by atoms with E-state index in [-0.39, 0.29) is 78.3 Å². The molecule has 3 aliphatic heterocycles. The molecule has 0 aromatic heterocycles. The summed E-state index contributed by atoms with van der Waals surface area (Å²) in [6, 6.07) is 4.86. The molecule has 472 valence electrons. The van der Waals surface area contributed by atoms with Gasteiger partial charge in [0, 0.05) is 61.9 Å². The third-order valence-electron chi connectivity index (χ3n) is 15.2. The number of unbranched alkanes of at least 4 members (excludes halogenated alkanes) is 1. The van der Waals surface area contributed by atoms with Crippen LogP contribution >= 0.6 is 43.5 Å². The van der Waals surface area contributed by atoms with Gasteiger partial charge < -0.3 is 75.3 Å². The van der Waals surface area contributed by atoms with Crippen molar-refractivity contribution in [3.8, 4) is 11.5 Å². The zero-order valence-electron chi connectivity index (χ0n) is 49.7. The number of allylic oxidation sites excluding steroid dienone is 3. The Bertz CT molecular complexity index is 2740. The molecule has 27 heteroatoms. The average Bonchev–Trinajstić information content (AvgIpc) is 1.71. The number of nitrogens with one attached hydrogen (secondary N) is 6. The molecular formula is C58H83Br2ClN8O16. The number of esters is 1. The van der Waals surface area contributed by atoms with E-state index in [1.165, 1.54) is 44.4 Å². The molecule has 0 spiro atoms. The van der Waals surface area contributed by atoms with Crippen LogP contribution in [-0.4, -0.2) is 158 Å². The van der Waals surface area contributed by atoms with Crippen LogP contribution in [0.5, 0.6) is 11.5 Å². The van der Waals surface area contributed by atoms with Crippen LogP contribution in [0.15, 0.2) is 54.1 Å². The Balaban J connectivity index is 1.33. The highest BCUT2D eigenvalue weighted by molar-refractivity contribution is 9.09. The molecule has 85 heavy (non-hydrogen) atoms. The molecule has 2 aromatic carbocycles. The van der Waals surface area contributed by atoms with E-state index in [1.54, 1.807) is 66.0 Å². The molecule has 0 saturated carbocycles. The number of epoxide rings is 1. The van der Waals surface area contributed by atoms with Crippen molar-refractivity contribution in [2.24, 2.45) is 23.5 Å². The molecule has 7 amide bonds. The van der Waals surface area contributed by atoms with Gasteiger partial charge in [-0.05, 0) is 95.0 Å². The number of ether oxygens (including phenoxy) is 7. The number of anilines is 3. The van der Waals surface area contributed by atoms with Gasteiger partial charge in [-0.1, -0.05) is 88.0 Å². The first kappa shape index (κ1) is 70.2. The molecule has 11 atom stereocenters. The van der Waals surface area contributed by atoms with Crippen LogP contribution in [0.3, 0.4) is 0 Å². The minimum atomic E-state index is -1.81. The highest BCUT2D eigenvalue weighted by Crippen LogP contribution is 2.49. The van der Waals surface area contributed by atoms with Crippen molar-refractivity contribution < 1.29 is 76.9 Å². The quantitative estimate of drug-likeness (QED) is 0.0236. The summed E-state index contributed by atoms with van der Waals surface area (Å²) in [5, 5.41) is 40.1. The Kier molecular flexibility index (Phi) is 26.8. The monoisotopic (exact) mass is 1340 g/mol. The molecule has 10 N–H and O–H groups in total. The topological polar surface area (TPSA) is 329 Å². The lowest BCUT2D eigenvalue weighted by molar-refractivity contribution is -0.271. The number of methoxy groups -OCH3 is 3. The lowest BCUT2D eigenvalue weighted by Gasteiger charge is -2.44. The number of benzene rings is 2. The van der Waals surface area contributed by atoms with E-state index >= 15 is 0 Å². The predicted molar refractivity (Wildman–Crippen MR) is 326 cm³/mol. The van der Waals surface area contributed by atoms with E-state index in [1.807, 2.05) is 13.0 Å². The van der Waals surface area contributed by atoms with Crippen molar-refractivity contribution >= 4 is 102 Å². The number of aliphatic hydroxyl groups excluding tert-OH is 1. The number of carbonyl (C=O) groups excluding carboxylic acids is 7. The maximum atomic E-state index is 14.5. The van der Waals surface area contributed by atoms with E-state index in [0.717, 1.165) is 11.1 Å². The van der Waals surface area contributed by atoms with E-state index < -0.39 is 102 Å². The van der Waals surface area contributed by atoms with Gasteiger partial charge in [-0.25, -0.2) is 14.9 Å². The lowest BCUT2D eigenvalue weighted by Crippen LogP contribution is -2.65. The van der Waals surface area contributed by atoms with Crippen LogP contribution in [0.1, 0.15) is 98.5 Å². The van der Waals surface area contributed by atoms with Crippen LogP contribution in [-0.2, 0) is 54.1 Å². The number of halogens is 3. The number of hydrogen-bond acceptors (Lipinski definition) is 17. The van der Waals surface area contributed by atoms with Gasteiger partial charge >= 0.3 is 18.1 Å². The first-order valence-corrected chi connectivity index (χ1v) is 30.8. The Morgan fingerprint density at radius 2 is 1.67 bits per heavy atom. The molecule has 4 bridgehead atoms. The van der Waals surface area contributed by atoms with Crippen molar-refractivity contribution in [3.63, 3.8) is 0 Å². The molecule has 0 aliphatic carbocycles. The predicted octanol–water partition coefficient (Wildman–Crippen LogP) is 6.45. The first-order chi connectivity index (χ1) is 40.2. The van der Waals surface area contributed by atoms with Crippen molar-refractivity contribution in [3.05, 3.63) is 64.7 Å². The highest BCUT2D eigenvalue weighted by Gasteiger charge is 2.64. The SMILES string of the molecule is COc1cc(NC(=O)O[C@H]2CC(=O)N(C)c3cc(cc(OC)c3Cl)C/C(C)=C/C=C/[C@@H](OC)[C@@]3(O)C[C@H](OC(O)N3)[C@@H](C)[C@@H]3O[C@@]23C)ccc1NC(=O)[C@H](CCCNC(N)=O)NC(=O)[C@@H](NC(=O)CCCCC(C)OC(=O)C(CBr)CBr)C(C)C. The number of hydrogen-bond donors (Lipinski definition) is 9. The van der Waals surface area contributed by atoms with E-state index in [9.17, 15) is 43.8 Å². The first-order valence-electron chi connectivity index (χ1n) is 28.1. The molecule has 0 radical (unpaired) electrons. The molecule has 3 heterocycles. The summed E-state index contributed by atoms with van der Waals surface area (Å²) in [4.78, 5) is 94.9. The van der Waals surface area contributed by atoms with Gasteiger partial charge in [-0.3, -0.25) is 29.3 Å². The van der Waals surface area contributed by atoms with Crippen LogP contribution < -0.4 is 52.0 Å². The van der Waals surface area contributed by atoms with E-state index in [0.29, 0.717) is 47.8 Å². The smallest absolute Gasteiger partial charge is 0.412 e. The van der Waals surface area contributed by atoms with Crippen LogP contribution in [0.25, 0.3) is 0 Å². The van der Waals surface area contributed by atoms with Crippen molar-refractivity contribution in [1.29, 1.82) is 0 Å².